The second-order valence-corrected chi connectivity index (χ2v) is 4.99. The van der Waals surface area contributed by atoms with E-state index in [-0.39, 0.29) is 19.0 Å². The van der Waals surface area contributed by atoms with Crippen molar-refractivity contribution in [3.8, 4) is 0 Å². The number of aliphatic carboxylic acids is 1. The Kier molecular flexibility index (Phi) is 5.70. The van der Waals surface area contributed by atoms with Crippen molar-refractivity contribution in [1.82, 2.24) is 14.7 Å². The normalized spacial score (nSPS) is 10.4. The van der Waals surface area contributed by atoms with Crippen molar-refractivity contribution in [2.75, 3.05) is 18.4 Å². The van der Waals surface area contributed by atoms with E-state index in [1.807, 2.05) is 13.8 Å². The summed E-state index contributed by atoms with van der Waals surface area (Å²) in [7, 11) is 0. The molecule has 116 valence electrons. The highest BCUT2D eigenvalue weighted by atomic mass is 16.4. The molecule has 1 aromatic heterocycles. The lowest BCUT2D eigenvalue weighted by Crippen LogP contribution is -2.42. The first-order valence-electron chi connectivity index (χ1n) is 6.36. The summed E-state index contributed by atoms with van der Waals surface area (Å²) in [6.07, 6.45) is 2.72. The van der Waals surface area contributed by atoms with Gasteiger partial charge in [-0.15, -0.1) is 0 Å². The number of nitrogens with two attached hydrogens (primary N) is 1. The highest BCUT2D eigenvalue weighted by molar-refractivity contribution is 5.91. The van der Waals surface area contributed by atoms with E-state index in [1.54, 1.807) is 0 Å². The van der Waals surface area contributed by atoms with Gasteiger partial charge in [0.15, 0.2) is 0 Å². The summed E-state index contributed by atoms with van der Waals surface area (Å²) in [5.74, 6) is -1.47. The molecule has 0 atom stereocenters. The Morgan fingerprint density at radius 2 is 2.14 bits per heavy atom. The molecule has 9 heteroatoms. The van der Waals surface area contributed by atoms with E-state index in [0.717, 1.165) is 0 Å². The molecular formula is C12H19N5O4. The number of nitrogens with one attached hydrogen (secondary N) is 1. The number of hydrogen-bond donors (Lipinski definition) is 3. The Morgan fingerprint density at radius 1 is 1.48 bits per heavy atom. The van der Waals surface area contributed by atoms with Gasteiger partial charge in [0.05, 0.1) is 11.9 Å². The Hall–Kier alpha value is -2.58. The van der Waals surface area contributed by atoms with Crippen LogP contribution in [0.25, 0.3) is 0 Å². The molecule has 4 N–H and O–H groups in total. The lowest BCUT2D eigenvalue weighted by Gasteiger charge is -2.23. The standard InChI is InChI=1S/C12H19N5O4/c1-8(2)4-16(6-10(13)18)12(21)15-9-3-14-17(5-9)7-11(19)20/h3,5,8H,4,6-7H2,1-2H3,(H2,13,18)(H,15,21)(H,19,20). The predicted molar refractivity (Wildman–Crippen MR) is 74.5 cm³/mol. The molecule has 21 heavy (non-hydrogen) atoms. The summed E-state index contributed by atoms with van der Waals surface area (Å²) in [5, 5.41) is 15.0. The van der Waals surface area contributed by atoms with Crippen LogP contribution in [0.3, 0.4) is 0 Å². The van der Waals surface area contributed by atoms with Gasteiger partial charge in [-0.25, -0.2) is 4.79 Å². The van der Waals surface area contributed by atoms with Crippen LogP contribution >= 0.6 is 0 Å². The molecule has 0 aromatic carbocycles. The van der Waals surface area contributed by atoms with Gasteiger partial charge in [-0.05, 0) is 5.92 Å². The van der Waals surface area contributed by atoms with E-state index in [2.05, 4.69) is 10.4 Å². The maximum Gasteiger partial charge on any atom is 0.325 e. The zero-order valence-electron chi connectivity index (χ0n) is 11.9. The second-order valence-electron chi connectivity index (χ2n) is 4.99. The Morgan fingerprint density at radius 3 is 2.67 bits per heavy atom. The molecule has 9 nitrogen and oxygen atoms in total. The molecule has 0 spiro atoms. The number of carboxylic acids is 1. The maximum atomic E-state index is 12.1. The van der Waals surface area contributed by atoms with Gasteiger partial charge in [0.25, 0.3) is 0 Å². The Bertz CT molecular complexity index is 525. The van der Waals surface area contributed by atoms with Crippen LogP contribution in [-0.4, -0.2) is 50.8 Å². The first kappa shape index (κ1) is 16.5. The third-order valence-electron chi connectivity index (χ3n) is 2.40. The van der Waals surface area contributed by atoms with E-state index in [0.29, 0.717) is 12.2 Å². The highest BCUT2D eigenvalue weighted by Crippen LogP contribution is 2.08. The van der Waals surface area contributed by atoms with Crippen LogP contribution in [0.4, 0.5) is 10.5 Å². The van der Waals surface area contributed by atoms with Crippen molar-refractivity contribution in [3.63, 3.8) is 0 Å². The van der Waals surface area contributed by atoms with Crippen LogP contribution in [0.2, 0.25) is 0 Å². The minimum Gasteiger partial charge on any atom is -0.480 e. The molecule has 0 radical (unpaired) electrons. The molecule has 1 aromatic rings. The molecule has 1 rings (SSSR count). The Balaban J connectivity index is 2.69. The van der Waals surface area contributed by atoms with Crippen LogP contribution in [-0.2, 0) is 16.1 Å². The van der Waals surface area contributed by atoms with Gasteiger partial charge in [-0.1, -0.05) is 13.8 Å². The summed E-state index contributed by atoms with van der Waals surface area (Å²) in [5.41, 5.74) is 5.46. The monoisotopic (exact) mass is 297 g/mol. The minimum atomic E-state index is -1.04. The fraction of sp³-hybridized carbons (Fsp3) is 0.500. The first-order valence-corrected chi connectivity index (χ1v) is 6.36. The van der Waals surface area contributed by atoms with E-state index in [4.69, 9.17) is 10.8 Å². The zero-order valence-corrected chi connectivity index (χ0v) is 11.9. The van der Waals surface area contributed by atoms with Crippen molar-refractivity contribution in [1.29, 1.82) is 0 Å². The van der Waals surface area contributed by atoms with Gasteiger partial charge in [-0.2, -0.15) is 5.10 Å². The van der Waals surface area contributed by atoms with Gasteiger partial charge in [0.1, 0.15) is 13.1 Å². The molecule has 0 bridgehead atoms. The summed E-state index contributed by atoms with van der Waals surface area (Å²) in [6, 6.07) is -0.489. The van der Waals surface area contributed by atoms with Gasteiger partial charge in [0, 0.05) is 12.7 Å². The number of urea groups is 1. The zero-order chi connectivity index (χ0) is 16.0. The van der Waals surface area contributed by atoms with Crippen LogP contribution in [0.15, 0.2) is 12.4 Å². The van der Waals surface area contributed by atoms with Gasteiger partial charge >= 0.3 is 12.0 Å². The van der Waals surface area contributed by atoms with Gasteiger partial charge in [0.2, 0.25) is 5.91 Å². The van der Waals surface area contributed by atoms with Crippen LogP contribution in [0.5, 0.6) is 0 Å². The quantitative estimate of drug-likeness (QED) is 0.649. The van der Waals surface area contributed by atoms with Crippen molar-refractivity contribution in [2.24, 2.45) is 11.7 Å². The number of carboxylic acid groups (broad SMARTS) is 1. The van der Waals surface area contributed by atoms with E-state index < -0.39 is 17.9 Å². The fourth-order valence-corrected chi connectivity index (χ4v) is 1.70. The first-order chi connectivity index (χ1) is 9.77. The number of carbonyl (C=O) groups is 3. The molecular weight excluding hydrogens is 278 g/mol. The predicted octanol–water partition coefficient (Wildman–Crippen LogP) is -0.0571. The summed E-state index contributed by atoms with van der Waals surface area (Å²) in [4.78, 5) is 34.9. The third kappa shape index (κ3) is 5.93. The largest absolute Gasteiger partial charge is 0.480 e. The number of hydrogen-bond acceptors (Lipinski definition) is 4. The number of aromatic nitrogens is 2. The molecule has 0 aliphatic rings. The van der Waals surface area contributed by atoms with Gasteiger partial charge < -0.3 is 21.1 Å². The lowest BCUT2D eigenvalue weighted by molar-refractivity contribution is -0.137. The average Bonchev–Trinajstić information content (AvgIpc) is 2.73. The van der Waals surface area contributed by atoms with Crippen LogP contribution in [0, 0.1) is 5.92 Å². The third-order valence-corrected chi connectivity index (χ3v) is 2.40. The molecule has 0 saturated heterocycles. The SMILES string of the molecule is CC(C)CN(CC(N)=O)C(=O)Nc1cnn(CC(=O)O)c1. The summed E-state index contributed by atoms with van der Waals surface area (Å²) >= 11 is 0. The number of nitrogens with zero attached hydrogens (tertiary/aromatic N) is 3. The summed E-state index contributed by atoms with van der Waals surface area (Å²) < 4.78 is 1.18. The van der Waals surface area contributed by atoms with E-state index >= 15 is 0 Å². The number of amides is 3. The highest BCUT2D eigenvalue weighted by Gasteiger charge is 2.17. The van der Waals surface area contributed by atoms with Crippen molar-refractivity contribution < 1.29 is 19.5 Å². The topological polar surface area (TPSA) is 131 Å². The maximum absolute atomic E-state index is 12.1. The number of carbonyl (C=O) groups excluding carboxylic acids is 2. The molecule has 0 aliphatic carbocycles. The average molecular weight is 297 g/mol. The molecule has 0 saturated carbocycles. The number of rotatable bonds is 7. The van der Waals surface area contributed by atoms with Crippen LogP contribution < -0.4 is 11.1 Å². The molecule has 0 aliphatic heterocycles. The smallest absolute Gasteiger partial charge is 0.325 e. The molecule has 3 amide bonds. The van der Waals surface area contributed by atoms with Gasteiger partial charge in [-0.3, -0.25) is 14.3 Å². The minimum absolute atomic E-state index is 0.171. The van der Waals surface area contributed by atoms with Crippen molar-refractivity contribution in [3.05, 3.63) is 12.4 Å². The Labute approximate surface area is 121 Å². The lowest BCUT2D eigenvalue weighted by atomic mass is 10.2. The van der Waals surface area contributed by atoms with Crippen LogP contribution in [0.1, 0.15) is 13.8 Å². The van der Waals surface area contributed by atoms with E-state index in [1.165, 1.54) is 22.0 Å². The number of primary amides is 1. The van der Waals surface area contributed by atoms with Crippen molar-refractivity contribution >= 4 is 23.6 Å². The molecule has 1 heterocycles. The molecule has 0 fully saturated rings. The second kappa shape index (κ2) is 7.27. The summed E-state index contributed by atoms with van der Waals surface area (Å²) in [6.45, 7) is 3.70. The molecule has 0 unspecified atom stereocenters. The fourth-order valence-electron chi connectivity index (χ4n) is 1.70. The van der Waals surface area contributed by atoms with E-state index in [9.17, 15) is 14.4 Å². The van der Waals surface area contributed by atoms with Crippen molar-refractivity contribution in [2.45, 2.75) is 20.4 Å². The number of anilines is 1.